The number of ether oxygens (including phenoxy) is 1. The number of halogens is 3. The maximum Gasteiger partial charge on any atom is 0.244 e. The van der Waals surface area contributed by atoms with Gasteiger partial charge in [-0.2, -0.15) is 4.31 Å². The molecule has 0 saturated carbocycles. The van der Waals surface area contributed by atoms with Gasteiger partial charge in [0.15, 0.2) is 0 Å². The molecule has 0 saturated heterocycles. The fourth-order valence-electron chi connectivity index (χ4n) is 1.45. The summed E-state index contributed by atoms with van der Waals surface area (Å²) in [6.45, 7) is 0.432. The SMILES string of the molecule is COCCN(CCCl)S(=O)(=O)c1cc(F)ccc1Cl. The Kier molecular flexibility index (Phi) is 6.49. The van der Waals surface area contributed by atoms with Crippen LogP contribution in [0.15, 0.2) is 23.1 Å². The van der Waals surface area contributed by atoms with Gasteiger partial charge in [0, 0.05) is 26.1 Å². The molecule has 0 aliphatic heterocycles. The molecule has 4 nitrogen and oxygen atoms in total. The van der Waals surface area contributed by atoms with Crippen molar-refractivity contribution in [3.05, 3.63) is 29.0 Å². The minimum atomic E-state index is -3.89. The van der Waals surface area contributed by atoms with Crippen molar-refractivity contribution in [3.63, 3.8) is 0 Å². The van der Waals surface area contributed by atoms with Crippen LogP contribution in [0.3, 0.4) is 0 Å². The summed E-state index contributed by atoms with van der Waals surface area (Å²) in [4.78, 5) is -0.268. The Balaban J connectivity index is 3.14. The lowest BCUT2D eigenvalue weighted by atomic mass is 10.3. The molecule has 0 fully saturated rings. The summed E-state index contributed by atoms with van der Waals surface area (Å²) in [5.74, 6) is -0.545. The Morgan fingerprint density at radius 2 is 2.05 bits per heavy atom. The minimum absolute atomic E-state index is 0.0293. The largest absolute Gasteiger partial charge is 0.383 e. The third kappa shape index (κ3) is 4.29. The monoisotopic (exact) mass is 329 g/mol. The molecule has 0 unspecified atom stereocenters. The topological polar surface area (TPSA) is 46.6 Å². The van der Waals surface area contributed by atoms with Crippen molar-refractivity contribution in [2.75, 3.05) is 32.7 Å². The van der Waals surface area contributed by atoms with Crippen LogP contribution in [0.2, 0.25) is 5.02 Å². The predicted octanol–water partition coefficient (Wildman–Crippen LogP) is 2.36. The van der Waals surface area contributed by atoms with E-state index in [0.717, 1.165) is 16.4 Å². The fourth-order valence-corrected chi connectivity index (χ4v) is 3.67. The van der Waals surface area contributed by atoms with Gasteiger partial charge in [0.25, 0.3) is 0 Å². The molecule has 0 N–H and O–H groups in total. The van der Waals surface area contributed by atoms with Crippen LogP contribution in [-0.2, 0) is 14.8 Å². The van der Waals surface area contributed by atoms with E-state index in [-0.39, 0.29) is 35.5 Å². The summed E-state index contributed by atoms with van der Waals surface area (Å²) in [5.41, 5.74) is 0. The number of hydrogen-bond acceptors (Lipinski definition) is 3. The average molecular weight is 330 g/mol. The maximum absolute atomic E-state index is 13.2. The highest BCUT2D eigenvalue weighted by molar-refractivity contribution is 7.89. The third-order valence-corrected chi connectivity index (χ3v) is 4.94. The molecule has 19 heavy (non-hydrogen) atoms. The third-order valence-electron chi connectivity index (χ3n) is 2.39. The molecule has 8 heteroatoms. The van der Waals surface area contributed by atoms with E-state index in [2.05, 4.69) is 0 Å². The molecule has 0 bridgehead atoms. The summed E-state index contributed by atoms with van der Waals surface area (Å²) < 4.78 is 43.9. The second kappa shape index (κ2) is 7.40. The van der Waals surface area contributed by atoms with Crippen molar-refractivity contribution in [3.8, 4) is 0 Å². The van der Waals surface area contributed by atoms with Gasteiger partial charge in [-0.15, -0.1) is 11.6 Å². The van der Waals surface area contributed by atoms with Crippen molar-refractivity contribution < 1.29 is 17.5 Å². The van der Waals surface area contributed by atoms with Crippen molar-refractivity contribution in [1.29, 1.82) is 0 Å². The number of hydrogen-bond donors (Lipinski definition) is 0. The quantitative estimate of drug-likeness (QED) is 0.721. The lowest BCUT2D eigenvalue weighted by molar-refractivity contribution is 0.180. The zero-order valence-electron chi connectivity index (χ0n) is 10.3. The lowest BCUT2D eigenvalue weighted by Crippen LogP contribution is -2.35. The van der Waals surface area contributed by atoms with Crippen molar-refractivity contribution in [1.82, 2.24) is 4.31 Å². The van der Waals surface area contributed by atoms with Gasteiger partial charge in [0.2, 0.25) is 10.0 Å². The minimum Gasteiger partial charge on any atom is -0.383 e. The van der Waals surface area contributed by atoms with Crippen LogP contribution < -0.4 is 0 Å². The van der Waals surface area contributed by atoms with Crippen LogP contribution in [-0.4, -0.2) is 45.4 Å². The first-order chi connectivity index (χ1) is 8.93. The van der Waals surface area contributed by atoms with Crippen molar-refractivity contribution in [2.45, 2.75) is 4.90 Å². The van der Waals surface area contributed by atoms with Gasteiger partial charge in [-0.1, -0.05) is 11.6 Å². The van der Waals surface area contributed by atoms with Crippen LogP contribution >= 0.6 is 23.2 Å². The van der Waals surface area contributed by atoms with Crippen LogP contribution in [0.5, 0.6) is 0 Å². The molecule has 0 atom stereocenters. The van der Waals surface area contributed by atoms with E-state index < -0.39 is 15.8 Å². The zero-order chi connectivity index (χ0) is 14.5. The summed E-state index contributed by atoms with van der Waals surface area (Å²) in [6.07, 6.45) is 0. The highest BCUT2D eigenvalue weighted by atomic mass is 35.5. The van der Waals surface area contributed by atoms with Crippen LogP contribution in [0.4, 0.5) is 4.39 Å². The molecular formula is C11H14Cl2FNO3S. The van der Waals surface area contributed by atoms with Gasteiger partial charge < -0.3 is 4.74 Å². The Labute approximate surface area is 122 Å². The van der Waals surface area contributed by atoms with Gasteiger partial charge in [0.05, 0.1) is 11.6 Å². The number of methoxy groups -OCH3 is 1. The van der Waals surface area contributed by atoms with Gasteiger partial charge in [-0.3, -0.25) is 0 Å². The first-order valence-electron chi connectivity index (χ1n) is 5.43. The Morgan fingerprint density at radius 3 is 2.63 bits per heavy atom. The average Bonchev–Trinajstić information content (AvgIpc) is 2.37. The van der Waals surface area contributed by atoms with Crippen LogP contribution in [0.1, 0.15) is 0 Å². The van der Waals surface area contributed by atoms with E-state index in [1.165, 1.54) is 13.2 Å². The fraction of sp³-hybridized carbons (Fsp3) is 0.455. The Bertz CT molecular complexity index is 525. The molecule has 0 radical (unpaired) electrons. The molecule has 1 rings (SSSR count). The standard InChI is InChI=1S/C11H14Cl2FNO3S/c1-18-7-6-15(5-4-12)19(16,17)11-8-9(14)2-3-10(11)13/h2-3,8H,4-7H2,1H3. The molecule has 1 aromatic rings. The first-order valence-corrected chi connectivity index (χ1v) is 7.79. The number of rotatable bonds is 7. The molecule has 0 spiro atoms. The summed E-state index contributed by atoms with van der Waals surface area (Å²) in [5, 5.41) is -0.0293. The normalized spacial score (nSPS) is 12.1. The number of benzene rings is 1. The molecule has 108 valence electrons. The van der Waals surface area contributed by atoms with E-state index in [1.54, 1.807) is 0 Å². The number of nitrogens with zero attached hydrogens (tertiary/aromatic N) is 1. The maximum atomic E-state index is 13.2. The molecular weight excluding hydrogens is 316 g/mol. The van der Waals surface area contributed by atoms with E-state index in [1.807, 2.05) is 0 Å². The zero-order valence-corrected chi connectivity index (χ0v) is 12.6. The van der Waals surface area contributed by atoms with Crippen molar-refractivity contribution in [2.24, 2.45) is 0 Å². The van der Waals surface area contributed by atoms with Crippen LogP contribution in [0, 0.1) is 5.82 Å². The molecule has 0 amide bonds. The predicted molar refractivity (Wildman–Crippen MR) is 72.8 cm³/mol. The smallest absolute Gasteiger partial charge is 0.244 e. The summed E-state index contributed by atoms with van der Waals surface area (Å²) in [7, 11) is -2.43. The second-order valence-electron chi connectivity index (χ2n) is 3.66. The number of alkyl halides is 1. The van der Waals surface area contributed by atoms with Gasteiger partial charge in [-0.05, 0) is 18.2 Å². The Hall–Kier alpha value is -0.400. The summed E-state index contributed by atoms with van der Waals surface area (Å²) >= 11 is 11.4. The summed E-state index contributed by atoms with van der Waals surface area (Å²) in [6, 6.07) is 3.20. The van der Waals surface area contributed by atoms with Gasteiger partial charge >= 0.3 is 0 Å². The molecule has 1 aromatic carbocycles. The molecule has 0 aliphatic rings. The van der Waals surface area contributed by atoms with E-state index in [9.17, 15) is 12.8 Å². The lowest BCUT2D eigenvalue weighted by Gasteiger charge is -2.21. The van der Waals surface area contributed by atoms with E-state index >= 15 is 0 Å². The first kappa shape index (κ1) is 16.7. The van der Waals surface area contributed by atoms with Gasteiger partial charge in [-0.25, -0.2) is 12.8 Å². The van der Waals surface area contributed by atoms with Gasteiger partial charge in [0.1, 0.15) is 10.7 Å². The van der Waals surface area contributed by atoms with Crippen LogP contribution in [0.25, 0.3) is 0 Å². The number of sulfonamides is 1. The van der Waals surface area contributed by atoms with E-state index in [0.29, 0.717) is 0 Å². The highest BCUT2D eigenvalue weighted by Gasteiger charge is 2.26. The van der Waals surface area contributed by atoms with Crippen molar-refractivity contribution >= 4 is 33.2 Å². The van der Waals surface area contributed by atoms with E-state index in [4.69, 9.17) is 27.9 Å². The molecule has 0 aliphatic carbocycles. The molecule has 0 aromatic heterocycles. The second-order valence-corrected chi connectivity index (χ2v) is 6.35. The highest BCUT2D eigenvalue weighted by Crippen LogP contribution is 2.25. The molecule has 0 heterocycles. The Morgan fingerprint density at radius 1 is 1.37 bits per heavy atom.